The zero-order valence-electron chi connectivity index (χ0n) is 8.37. The van der Waals surface area contributed by atoms with E-state index in [1.807, 2.05) is 13.8 Å². The van der Waals surface area contributed by atoms with Crippen molar-refractivity contribution in [2.45, 2.75) is 24.0 Å². The molecule has 1 fully saturated rings. The molecule has 0 spiro atoms. The SMILES string of the molecule is COC(=O)N[C@@]1(C(C)C)SC1C(N)=O. The minimum atomic E-state index is -0.571. The van der Waals surface area contributed by atoms with Gasteiger partial charge in [0.15, 0.2) is 0 Å². The van der Waals surface area contributed by atoms with Gasteiger partial charge in [0, 0.05) is 0 Å². The number of primary amides is 1. The molecule has 0 aromatic rings. The molecule has 0 radical (unpaired) electrons. The summed E-state index contributed by atoms with van der Waals surface area (Å²) in [6.45, 7) is 3.84. The predicted octanol–water partition coefficient (Wildman–Crippen LogP) is 0.295. The van der Waals surface area contributed by atoms with E-state index in [1.165, 1.54) is 18.9 Å². The monoisotopic (exact) mass is 218 g/mol. The molecule has 0 aliphatic carbocycles. The fraction of sp³-hybridized carbons (Fsp3) is 0.750. The molecule has 1 heterocycles. The van der Waals surface area contributed by atoms with Crippen LogP contribution in [0.5, 0.6) is 0 Å². The van der Waals surface area contributed by atoms with Gasteiger partial charge in [-0.05, 0) is 5.92 Å². The second-order valence-corrected chi connectivity index (χ2v) is 4.85. The van der Waals surface area contributed by atoms with Gasteiger partial charge in [0.05, 0.1) is 7.11 Å². The lowest BCUT2D eigenvalue weighted by atomic mass is 10.0. The van der Waals surface area contributed by atoms with E-state index in [2.05, 4.69) is 10.1 Å². The highest BCUT2D eigenvalue weighted by Gasteiger charge is 2.62. The molecular formula is C8H14N2O3S. The molecular weight excluding hydrogens is 204 g/mol. The van der Waals surface area contributed by atoms with Crippen LogP contribution in [-0.2, 0) is 9.53 Å². The van der Waals surface area contributed by atoms with Gasteiger partial charge < -0.3 is 15.8 Å². The predicted molar refractivity (Wildman–Crippen MR) is 53.7 cm³/mol. The first-order chi connectivity index (χ1) is 6.44. The molecule has 0 aromatic carbocycles. The molecule has 2 amide bonds. The van der Waals surface area contributed by atoms with Gasteiger partial charge in [-0.3, -0.25) is 4.79 Å². The number of hydrogen-bond acceptors (Lipinski definition) is 4. The van der Waals surface area contributed by atoms with E-state index in [0.29, 0.717) is 0 Å². The fourth-order valence-electron chi connectivity index (χ4n) is 1.32. The summed E-state index contributed by atoms with van der Waals surface area (Å²) in [4.78, 5) is 21.4. The number of ether oxygens (including phenoxy) is 1. The van der Waals surface area contributed by atoms with E-state index in [1.54, 1.807) is 0 Å². The molecule has 1 saturated heterocycles. The molecule has 2 atom stereocenters. The molecule has 5 nitrogen and oxygen atoms in total. The van der Waals surface area contributed by atoms with Crippen molar-refractivity contribution in [3.05, 3.63) is 0 Å². The average molecular weight is 218 g/mol. The van der Waals surface area contributed by atoms with Gasteiger partial charge in [-0.2, -0.15) is 0 Å². The Balaban J connectivity index is 2.69. The van der Waals surface area contributed by atoms with Crippen LogP contribution < -0.4 is 11.1 Å². The number of carbonyl (C=O) groups is 2. The van der Waals surface area contributed by atoms with Gasteiger partial charge in [0.1, 0.15) is 10.1 Å². The van der Waals surface area contributed by atoms with Gasteiger partial charge in [-0.15, -0.1) is 11.8 Å². The second kappa shape index (κ2) is 3.68. The Morgan fingerprint density at radius 1 is 1.57 bits per heavy atom. The van der Waals surface area contributed by atoms with E-state index in [0.717, 1.165) is 0 Å². The third-order valence-corrected chi connectivity index (χ3v) is 4.03. The van der Waals surface area contributed by atoms with E-state index in [-0.39, 0.29) is 11.2 Å². The lowest BCUT2D eigenvalue weighted by Crippen LogP contribution is -2.45. The summed E-state index contributed by atoms with van der Waals surface area (Å²) >= 11 is 1.36. The van der Waals surface area contributed by atoms with Crippen LogP contribution in [0.15, 0.2) is 0 Å². The number of methoxy groups -OCH3 is 1. The number of amides is 2. The Morgan fingerprint density at radius 3 is 2.43 bits per heavy atom. The van der Waals surface area contributed by atoms with Crippen LogP contribution in [0, 0.1) is 5.92 Å². The van der Waals surface area contributed by atoms with E-state index < -0.39 is 16.9 Å². The van der Waals surface area contributed by atoms with E-state index >= 15 is 0 Å². The molecule has 6 heteroatoms. The van der Waals surface area contributed by atoms with Crippen LogP contribution in [0.25, 0.3) is 0 Å². The summed E-state index contributed by atoms with van der Waals surface area (Å²) in [6, 6.07) is 0. The maximum absolute atomic E-state index is 11.0. The van der Waals surface area contributed by atoms with Crippen molar-refractivity contribution in [2.24, 2.45) is 11.7 Å². The molecule has 3 N–H and O–H groups in total. The van der Waals surface area contributed by atoms with E-state index in [9.17, 15) is 9.59 Å². The minimum Gasteiger partial charge on any atom is -0.453 e. The molecule has 0 saturated carbocycles. The molecule has 1 rings (SSSR count). The maximum Gasteiger partial charge on any atom is 0.408 e. The number of nitrogens with two attached hydrogens (primary N) is 1. The molecule has 14 heavy (non-hydrogen) atoms. The molecule has 1 unspecified atom stereocenters. The van der Waals surface area contributed by atoms with Gasteiger partial charge in [-0.1, -0.05) is 13.8 Å². The van der Waals surface area contributed by atoms with Crippen LogP contribution >= 0.6 is 11.8 Å². The highest BCUT2D eigenvalue weighted by molar-refractivity contribution is 8.09. The third-order valence-electron chi connectivity index (χ3n) is 2.24. The Hall–Kier alpha value is -0.910. The van der Waals surface area contributed by atoms with Crippen molar-refractivity contribution >= 4 is 23.8 Å². The lowest BCUT2D eigenvalue weighted by molar-refractivity contribution is -0.117. The average Bonchev–Trinajstić information content (AvgIpc) is 2.80. The van der Waals surface area contributed by atoms with Crippen molar-refractivity contribution < 1.29 is 14.3 Å². The summed E-state index contributed by atoms with van der Waals surface area (Å²) in [5.41, 5.74) is 5.18. The Labute approximate surface area is 86.7 Å². The normalized spacial score (nSPS) is 29.9. The zero-order valence-corrected chi connectivity index (χ0v) is 9.18. The number of rotatable bonds is 3. The number of alkyl carbamates (subject to hydrolysis) is 1. The van der Waals surface area contributed by atoms with Gasteiger partial charge in [-0.25, -0.2) is 4.79 Å². The standard InChI is InChI=1S/C8H14N2O3S/c1-4(2)8(10-7(12)13-3)5(14-8)6(9)11/h4-5H,1-3H3,(H2,9,11)(H,10,12)/t5?,8-/m0/s1. The van der Waals surface area contributed by atoms with Crippen LogP contribution in [-0.4, -0.2) is 29.2 Å². The van der Waals surface area contributed by atoms with Crippen LogP contribution in [0.3, 0.4) is 0 Å². The van der Waals surface area contributed by atoms with Crippen molar-refractivity contribution in [1.29, 1.82) is 0 Å². The minimum absolute atomic E-state index is 0.129. The molecule has 0 aromatic heterocycles. The molecule has 1 aliphatic rings. The Kier molecular flexibility index (Phi) is 2.94. The van der Waals surface area contributed by atoms with Crippen molar-refractivity contribution in [3.8, 4) is 0 Å². The summed E-state index contributed by atoms with van der Waals surface area (Å²) in [6.07, 6.45) is -0.532. The quantitative estimate of drug-likeness (QED) is 0.667. The smallest absolute Gasteiger partial charge is 0.408 e. The Bertz CT molecular complexity index is 269. The van der Waals surface area contributed by atoms with Crippen molar-refractivity contribution in [2.75, 3.05) is 7.11 Å². The highest BCUT2D eigenvalue weighted by Crippen LogP contribution is 2.55. The van der Waals surface area contributed by atoms with Crippen LogP contribution in [0.1, 0.15) is 13.8 Å². The van der Waals surface area contributed by atoms with Crippen molar-refractivity contribution in [3.63, 3.8) is 0 Å². The van der Waals surface area contributed by atoms with Crippen LogP contribution in [0.2, 0.25) is 0 Å². The molecule has 1 aliphatic heterocycles. The van der Waals surface area contributed by atoms with E-state index in [4.69, 9.17) is 5.73 Å². The highest BCUT2D eigenvalue weighted by atomic mass is 32.2. The fourth-order valence-corrected chi connectivity index (χ4v) is 2.62. The largest absolute Gasteiger partial charge is 0.453 e. The van der Waals surface area contributed by atoms with Gasteiger partial charge in [0.2, 0.25) is 5.91 Å². The zero-order chi connectivity index (χ0) is 10.9. The summed E-state index contributed by atoms with van der Waals surface area (Å²) in [5, 5.41) is 2.30. The molecule has 0 bridgehead atoms. The number of carbonyl (C=O) groups excluding carboxylic acids is 2. The number of hydrogen-bond donors (Lipinski definition) is 2. The van der Waals surface area contributed by atoms with Crippen molar-refractivity contribution in [1.82, 2.24) is 5.32 Å². The molecule has 80 valence electrons. The first-order valence-corrected chi connectivity index (χ1v) is 5.15. The number of nitrogens with one attached hydrogen (secondary N) is 1. The van der Waals surface area contributed by atoms with Gasteiger partial charge in [0.25, 0.3) is 0 Å². The van der Waals surface area contributed by atoms with Gasteiger partial charge >= 0.3 is 6.09 Å². The maximum atomic E-state index is 11.0. The first-order valence-electron chi connectivity index (χ1n) is 4.27. The topological polar surface area (TPSA) is 81.4 Å². The third kappa shape index (κ3) is 1.79. The second-order valence-electron chi connectivity index (χ2n) is 3.46. The Morgan fingerprint density at radius 2 is 2.14 bits per heavy atom. The summed E-state index contributed by atoms with van der Waals surface area (Å²) in [7, 11) is 1.29. The number of thioether (sulfide) groups is 1. The lowest BCUT2D eigenvalue weighted by Gasteiger charge is -2.19. The first kappa shape index (κ1) is 11.2. The van der Waals surface area contributed by atoms with Crippen LogP contribution in [0.4, 0.5) is 4.79 Å². The summed E-state index contributed by atoms with van der Waals surface area (Å²) < 4.78 is 4.49. The summed E-state index contributed by atoms with van der Waals surface area (Å²) in [5.74, 6) is -0.274.